The molecule has 8 rings (SSSR count). The maximum absolute atomic E-state index is 12.8. The van der Waals surface area contributed by atoms with Gasteiger partial charge in [0.1, 0.15) is 5.75 Å². The minimum absolute atomic E-state index is 0.344. The van der Waals surface area contributed by atoms with E-state index < -0.39 is 31.3 Å². The third-order valence-electron chi connectivity index (χ3n) is 13.7. The summed E-state index contributed by atoms with van der Waals surface area (Å²) in [5, 5.41) is 15.9. The molecule has 0 saturated carbocycles. The lowest BCUT2D eigenvalue weighted by Gasteiger charge is -2.25. The number of carbonyl (C=O) groups is 1. The first-order valence-electron chi connectivity index (χ1n) is 22.0. The van der Waals surface area contributed by atoms with Crippen molar-refractivity contribution in [3.63, 3.8) is 0 Å². The van der Waals surface area contributed by atoms with Crippen molar-refractivity contribution in [2.75, 3.05) is 31.5 Å². The first-order chi connectivity index (χ1) is 27.8. The molecule has 2 aromatic rings. The number of anilines is 1. The van der Waals surface area contributed by atoms with Crippen LogP contribution >= 0.6 is 0 Å². The molecular formula is C44H66N6O6S2. The Hall–Kier alpha value is -3.22. The van der Waals surface area contributed by atoms with Crippen molar-refractivity contribution in [2.24, 2.45) is 5.14 Å². The number of amides is 2. The SMILES string of the molecule is CCC(CC)N1CCC(S(=O)(=O)NC(=O)Nc2c3c(cc4c2CCC4)CCC3)C1.CCC(CC)N1CCC(S(N)(=O)=O)C1.N#COc1c2c(cc3c1CCC3)CCC2. The van der Waals surface area contributed by atoms with Crippen molar-refractivity contribution >= 4 is 31.8 Å². The molecule has 4 N–H and O–H groups in total. The zero-order chi connectivity index (χ0) is 41.6. The van der Waals surface area contributed by atoms with Gasteiger partial charge in [0.2, 0.25) is 20.0 Å². The first kappa shape index (κ1) is 44.3. The number of fused-ring (bicyclic) bond motifs is 4. The fraction of sp³-hybridized carbons (Fsp3) is 0.682. The lowest BCUT2D eigenvalue weighted by Crippen LogP contribution is -2.43. The summed E-state index contributed by atoms with van der Waals surface area (Å²) in [6, 6.07) is 4.96. The highest BCUT2D eigenvalue weighted by molar-refractivity contribution is 7.90. The van der Waals surface area contributed by atoms with Crippen LogP contribution in [0.3, 0.4) is 0 Å². The van der Waals surface area contributed by atoms with E-state index in [1.807, 2.05) is 6.26 Å². The summed E-state index contributed by atoms with van der Waals surface area (Å²) in [6.07, 6.45) is 20.4. The van der Waals surface area contributed by atoms with Crippen LogP contribution < -0.4 is 19.9 Å². The smallest absolute Gasteiger partial charge is 0.332 e. The molecule has 0 spiro atoms. The summed E-state index contributed by atoms with van der Waals surface area (Å²) in [5.41, 5.74) is 11.4. The molecule has 6 aliphatic rings. The zero-order valence-corrected chi connectivity index (χ0v) is 36.8. The predicted octanol–water partition coefficient (Wildman–Crippen LogP) is 6.44. The van der Waals surface area contributed by atoms with Crippen LogP contribution in [0.4, 0.5) is 10.5 Å². The van der Waals surface area contributed by atoms with E-state index in [4.69, 9.17) is 15.1 Å². The number of hydrogen-bond donors (Lipinski definition) is 3. The minimum atomic E-state index is -3.69. The predicted molar refractivity (Wildman–Crippen MR) is 230 cm³/mol. The van der Waals surface area contributed by atoms with E-state index in [0.29, 0.717) is 38.0 Å². The molecule has 2 atom stereocenters. The number of benzene rings is 2. The normalized spacial score (nSPS) is 21.1. The van der Waals surface area contributed by atoms with Gasteiger partial charge in [0, 0.05) is 30.9 Å². The van der Waals surface area contributed by atoms with E-state index in [9.17, 15) is 21.6 Å². The van der Waals surface area contributed by atoms with Gasteiger partial charge < -0.3 is 10.1 Å². The minimum Gasteiger partial charge on any atom is -0.387 e. The number of hydrogen-bond acceptors (Lipinski definition) is 9. The Morgan fingerprint density at radius 2 is 1.14 bits per heavy atom. The molecule has 2 fully saturated rings. The lowest BCUT2D eigenvalue weighted by molar-refractivity contribution is 0.230. The Morgan fingerprint density at radius 3 is 1.55 bits per heavy atom. The fourth-order valence-corrected chi connectivity index (χ4v) is 12.7. The number of nitrogens with zero attached hydrogens (tertiary/aromatic N) is 3. The van der Waals surface area contributed by atoms with Gasteiger partial charge in [-0.15, -0.1) is 5.26 Å². The first-order valence-corrected chi connectivity index (χ1v) is 25.2. The molecule has 4 aliphatic carbocycles. The van der Waals surface area contributed by atoms with Gasteiger partial charge in [0.05, 0.1) is 10.5 Å². The maximum Gasteiger partial charge on any atom is 0.332 e. The number of carbonyl (C=O) groups excluding carboxylic acids is 1. The molecule has 58 heavy (non-hydrogen) atoms. The highest BCUT2D eigenvalue weighted by Crippen LogP contribution is 2.41. The Bertz CT molecular complexity index is 1990. The highest BCUT2D eigenvalue weighted by Gasteiger charge is 2.37. The molecule has 2 aromatic carbocycles. The van der Waals surface area contributed by atoms with Gasteiger partial charge >= 0.3 is 6.03 Å². The van der Waals surface area contributed by atoms with Crippen LogP contribution in [0.15, 0.2) is 12.1 Å². The van der Waals surface area contributed by atoms with E-state index in [0.717, 1.165) is 114 Å². The second-order valence-electron chi connectivity index (χ2n) is 17.1. The van der Waals surface area contributed by atoms with Crippen LogP contribution in [0.5, 0.6) is 5.75 Å². The Labute approximate surface area is 347 Å². The van der Waals surface area contributed by atoms with Crippen LogP contribution in [0.1, 0.15) is 136 Å². The number of urea groups is 1. The van der Waals surface area contributed by atoms with E-state index in [-0.39, 0.29) is 5.25 Å². The van der Waals surface area contributed by atoms with Crippen molar-refractivity contribution in [1.82, 2.24) is 14.5 Å². The van der Waals surface area contributed by atoms with Gasteiger partial charge in [0.25, 0.3) is 6.26 Å². The van der Waals surface area contributed by atoms with Crippen LogP contribution in [-0.4, -0.2) is 81.4 Å². The van der Waals surface area contributed by atoms with Crippen LogP contribution in [0.2, 0.25) is 0 Å². The molecule has 2 heterocycles. The molecule has 2 amide bonds. The number of aryl methyl sites for hydroxylation is 4. The second-order valence-corrected chi connectivity index (χ2v) is 20.9. The number of ether oxygens (including phenoxy) is 1. The number of sulfonamides is 2. The van der Waals surface area contributed by atoms with E-state index in [2.05, 4.69) is 59.7 Å². The standard InChI is InChI=1S/C22H33N3O3S.C13H13NO.C9H20N2O2S/c1-3-17(4-2)25-12-11-18(14-25)29(27,28)24-22(26)23-21-19-9-5-7-15(19)13-16-8-6-10-20(16)21;14-8-15-13-11-5-1-3-9(11)7-10-4-2-6-12(10)13;1-3-8(4-2)11-6-5-9(7-11)14(10,12)13/h13,17-18H,3-12,14H2,1-2H3,(H2,23,24,26);7H,1-6H2;8-9H,3-7H2,1-2H3,(H2,10,12,13). The van der Waals surface area contributed by atoms with Crippen molar-refractivity contribution in [2.45, 2.75) is 166 Å². The van der Waals surface area contributed by atoms with Gasteiger partial charge in [-0.25, -0.2) is 31.5 Å². The fourth-order valence-electron chi connectivity index (χ4n) is 10.6. The summed E-state index contributed by atoms with van der Waals surface area (Å²) in [7, 11) is -7.02. The molecule has 14 heteroatoms. The van der Waals surface area contributed by atoms with Gasteiger partial charge in [-0.05, 0) is 173 Å². The largest absolute Gasteiger partial charge is 0.387 e. The van der Waals surface area contributed by atoms with Crippen LogP contribution in [0.25, 0.3) is 0 Å². The van der Waals surface area contributed by atoms with E-state index >= 15 is 0 Å². The molecule has 0 aromatic heterocycles. The number of primary sulfonamides is 1. The van der Waals surface area contributed by atoms with E-state index in [1.165, 1.54) is 57.3 Å². The molecule has 320 valence electrons. The molecule has 0 bridgehead atoms. The summed E-state index contributed by atoms with van der Waals surface area (Å²) < 4.78 is 55.5. The molecule has 2 aliphatic heterocycles. The maximum atomic E-state index is 12.8. The average molecular weight is 839 g/mol. The highest BCUT2D eigenvalue weighted by atomic mass is 32.2. The number of nitrogens with two attached hydrogens (primary N) is 1. The molecule has 2 unspecified atom stereocenters. The Balaban J connectivity index is 0.000000164. The van der Waals surface area contributed by atoms with E-state index in [1.54, 1.807) is 0 Å². The monoisotopic (exact) mass is 838 g/mol. The third-order valence-corrected chi connectivity index (χ3v) is 16.7. The third kappa shape index (κ3) is 10.0. The number of nitrogens with one attached hydrogen (secondary N) is 2. The van der Waals surface area contributed by atoms with Gasteiger partial charge in [0.15, 0.2) is 0 Å². The number of likely N-dealkylation sites (tertiary alicyclic amines) is 2. The molecule has 0 radical (unpaired) electrons. The average Bonchev–Trinajstić information content (AvgIpc) is 4.04. The van der Waals surface area contributed by atoms with Crippen molar-refractivity contribution in [3.8, 4) is 12.0 Å². The Morgan fingerprint density at radius 1 is 0.724 bits per heavy atom. The van der Waals surface area contributed by atoms with Gasteiger partial charge in [-0.2, -0.15) is 0 Å². The number of rotatable bonds is 11. The zero-order valence-electron chi connectivity index (χ0n) is 35.2. The van der Waals surface area contributed by atoms with Crippen molar-refractivity contribution < 1.29 is 26.4 Å². The van der Waals surface area contributed by atoms with Crippen molar-refractivity contribution in [3.05, 3.63) is 56.6 Å². The Kier molecular flexibility index (Phi) is 14.9. The van der Waals surface area contributed by atoms with Crippen LogP contribution in [-0.2, 0) is 71.4 Å². The summed E-state index contributed by atoms with van der Waals surface area (Å²) in [6.45, 7) is 11.3. The lowest BCUT2D eigenvalue weighted by atomic mass is 9.99. The summed E-state index contributed by atoms with van der Waals surface area (Å²) in [5.74, 6) is 0.903. The van der Waals surface area contributed by atoms with Crippen molar-refractivity contribution in [1.29, 1.82) is 5.26 Å². The second kappa shape index (κ2) is 19.4. The van der Waals surface area contributed by atoms with Crippen LogP contribution in [0, 0.1) is 11.5 Å². The number of nitriles is 1. The molecule has 2 saturated heterocycles. The van der Waals surface area contributed by atoms with Gasteiger partial charge in [-0.3, -0.25) is 9.80 Å². The summed E-state index contributed by atoms with van der Waals surface area (Å²) in [4.78, 5) is 17.2. The quantitative estimate of drug-likeness (QED) is 0.215. The summed E-state index contributed by atoms with van der Waals surface area (Å²) >= 11 is 0. The topological polar surface area (TPSA) is 175 Å². The van der Waals surface area contributed by atoms with Gasteiger partial charge in [-0.1, -0.05) is 39.8 Å². The molecular weight excluding hydrogens is 773 g/mol. The molecule has 12 nitrogen and oxygen atoms in total.